The molecule has 4 bridgehead atoms. The van der Waals surface area contributed by atoms with Gasteiger partial charge < -0.3 is 24.5 Å². The summed E-state index contributed by atoms with van der Waals surface area (Å²) in [6, 6.07) is 12.8. The number of ether oxygens (including phenoxy) is 2. The van der Waals surface area contributed by atoms with Gasteiger partial charge in [-0.3, -0.25) is 24.2 Å². The van der Waals surface area contributed by atoms with E-state index in [0.29, 0.717) is 44.6 Å². The summed E-state index contributed by atoms with van der Waals surface area (Å²) in [5, 5.41) is 7.38. The molecule has 2 heterocycles. The van der Waals surface area contributed by atoms with Crippen molar-refractivity contribution in [3.63, 3.8) is 0 Å². The molecule has 12 heteroatoms. The Bertz CT molecular complexity index is 1640. The maximum Gasteiger partial charge on any atom is 0.325 e. The van der Waals surface area contributed by atoms with E-state index >= 15 is 0 Å². The average Bonchev–Trinajstić information content (AvgIpc) is 3.12. The lowest BCUT2D eigenvalue weighted by atomic mass is 9.96. The molecule has 54 heavy (non-hydrogen) atoms. The fourth-order valence-electron chi connectivity index (χ4n) is 6.39. The van der Waals surface area contributed by atoms with E-state index in [0.717, 1.165) is 16.7 Å². The summed E-state index contributed by atoms with van der Waals surface area (Å²) in [4.78, 5) is 55.6. The number of nitrogens with zero attached hydrogens (tertiary/aromatic N) is 1. The number of rotatable bonds is 7. The number of hydrogen-bond acceptors (Lipinski definition) is 8. The third-order valence-corrected chi connectivity index (χ3v) is 15.1. The van der Waals surface area contributed by atoms with Crippen LogP contribution >= 0.6 is 0 Å². The number of carbonyl (C=O) groups excluding carboxylic acids is 4. The lowest BCUT2D eigenvalue weighted by Crippen LogP contribution is -2.62. The number of carbonyl (C=O) groups is 4. The Kier molecular flexibility index (Phi) is 15.1. The molecule has 2 aliphatic rings. The molecule has 3 N–H and O–H groups in total. The second kappa shape index (κ2) is 19.0. The van der Waals surface area contributed by atoms with E-state index in [-0.39, 0.29) is 36.0 Å². The smallest absolute Gasteiger partial charge is 0.325 e. The fraction of sp³-hybridized carbons (Fsp3) is 0.571. The number of fused-ring (bicyclic) bond motifs is 4. The first-order valence-corrected chi connectivity index (χ1v) is 22.4. The van der Waals surface area contributed by atoms with Crippen LogP contribution in [0.15, 0.2) is 54.6 Å². The molecule has 0 aromatic heterocycles. The summed E-state index contributed by atoms with van der Waals surface area (Å²) in [5.74, 6) is -1.70. The van der Waals surface area contributed by atoms with Crippen molar-refractivity contribution in [3.8, 4) is 5.75 Å². The van der Waals surface area contributed by atoms with E-state index < -0.39 is 50.1 Å². The van der Waals surface area contributed by atoms with Crippen molar-refractivity contribution >= 4 is 38.1 Å². The predicted octanol–water partition coefficient (Wildman–Crippen LogP) is 6.33. The van der Waals surface area contributed by atoms with Crippen LogP contribution in [-0.2, 0) is 41.7 Å². The second-order valence-electron chi connectivity index (χ2n) is 16.4. The number of cyclic esters (lactones) is 1. The van der Waals surface area contributed by atoms with Crippen molar-refractivity contribution in [1.82, 2.24) is 21.1 Å². The van der Waals surface area contributed by atoms with Crippen LogP contribution in [0, 0.1) is 11.8 Å². The van der Waals surface area contributed by atoms with Gasteiger partial charge in [0, 0.05) is 19.6 Å². The number of hydrogen-bond donors (Lipinski definition) is 3. The van der Waals surface area contributed by atoms with Crippen molar-refractivity contribution in [2.24, 2.45) is 11.8 Å². The minimum absolute atomic E-state index is 0.0137. The van der Waals surface area contributed by atoms with E-state index in [2.05, 4.69) is 49.9 Å². The fourth-order valence-corrected chi connectivity index (χ4v) is 7.41. The van der Waals surface area contributed by atoms with Crippen LogP contribution in [0.2, 0.25) is 18.1 Å². The summed E-state index contributed by atoms with van der Waals surface area (Å²) < 4.78 is 18.3. The van der Waals surface area contributed by atoms with Crippen LogP contribution in [0.5, 0.6) is 5.75 Å². The number of amides is 3. The molecule has 2 aromatic carbocycles. The lowest BCUT2D eigenvalue weighted by molar-refractivity contribution is -0.154. The zero-order valence-electron chi connectivity index (χ0n) is 33.7. The van der Waals surface area contributed by atoms with E-state index in [1.807, 2.05) is 88.4 Å². The van der Waals surface area contributed by atoms with Crippen LogP contribution in [0.1, 0.15) is 90.8 Å². The third-order valence-electron chi connectivity index (χ3n) is 10.7. The molecule has 4 rings (SSSR count). The summed E-state index contributed by atoms with van der Waals surface area (Å²) >= 11 is 0. The molecule has 0 saturated carbocycles. The summed E-state index contributed by atoms with van der Waals surface area (Å²) in [5.41, 5.74) is 5.70. The Morgan fingerprint density at radius 1 is 0.981 bits per heavy atom. The van der Waals surface area contributed by atoms with Crippen LogP contribution in [-0.4, -0.2) is 74.4 Å². The second-order valence-corrected chi connectivity index (χ2v) is 21.2. The van der Waals surface area contributed by atoms with E-state index in [1.165, 1.54) is 5.01 Å². The zero-order chi connectivity index (χ0) is 39.6. The molecule has 296 valence electrons. The number of hydrazine groups is 1. The van der Waals surface area contributed by atoms with Gasteiger partial charge in [-0.1, -0.05) is 84.0 Å². The topological polar surface area (TPSA) is 135 Å². The van der Waals surface area contributed by atoms with Gasteiger partial charge in [-0.15, -0.1) is 0 Å². The standard InChI is InChI=1S/C42H62N4O7Si/c1-10-51-36-22-12-11-16-30-17-13-19-32(24-30)27-52-41(50)34-21-15-23-46(45-34)40(49)35(43-39(48)37(28(2)3)44-38(47)29(36)4)26-31-18-14-20-33(25-31)53-54(8,9)42(5,6)7/h11,13-14,16-20,24-25,28-29,34-37,45H,10,12,15,21-23,26-27H2,1-9H3,(H,43,48)(H,44,47). The molecule has 1 fully saturated rings. The summed E-state index contributed by atoms with van der Waals surface area (Å²) in [6.45, 7) is 19.2. The van der Waals surface area contributed by atoms with E-state index in [1.54, 1.807) is 0 Å². The number of allylic oxidation sites excluding steroid dienone is 1. The molecule has 3 amide bonds. The Labute approximate surface area is 323 Å². The Morgan fingerprint density at radius 3 is 2.43 bits per heavy atom. The molecule has 2 aliphatic heterocycles. The van der Waals surface area contributed by atoms with Crippen molar-refractivity contribution in [3.05, 3.63) is 71.3 Å². The molecule has 0 spiro atoms. The first kappa shape index (κ1) is 42.7. The normalized spacial score (nSPS) is 24.2. The molecule has 11 nitrogen and oxygen atoms in total. The molecule has 5 atom stereocenters. The van der Waals surface area contributed by atoms with Crippen molar-refractivity contribution in [2.45, 2.75) is 130 Å². The highest BCUT2D eigenvalue weighted by atomic mass is 28.4. The number of benzene rings is 2. The summed E-state index contributed by atoms with van der Waals surface area (Å²) in [6.07, 6.45) is 6.19. The van der Waals surface area contributed by atoms with Crippen molar-refractivity contribution < 1.29 is 33.1 Å². The molecular formula is C42H62N4O7Si. The molecule has 1 saturated heterocycles. The van der Waals surface area contributed by atoms with Gasteiger partial charge in [0.25, 0.3) is 5.91 Å². The largest absolute Gasteiger partial charge is 0.543 e. The van der Waals surface area contributed by atoms with E-state index in [9.17, 15) is 19.2 Å². The van der Waals surface area contributed by atoms with Crippen LogP contribution in [0.4, 0.5) is 0 Å². The molecular weight excluding hydrogens is 701 g/mol. The first-order chi connectivity index (χ1) is 25.5. The number of nitrogens with one attached hydrogen (secondary N) is 3. The van der Waals surface area contributed by atoms with Gasteiger partial charge in [0.05, 0.1) is 12.0 Å². The van der Waals surface area contributed by atoms with Gasteiger partial charge in [0.15, 0.2) is 0 Å². The highest BCUT2D eigenvalue weighted by Crippen LogP contribution is 2.37. The van der Waals surface area contributed by atoms with Gasteiger partial charge in [0.1, 0.15) is 30.5 Å². The molecule has 0 radical (unpaired) electrons. The SMILES string of the molecule is CCOC1CCC=Cc2cccc(c2)COC(=O)C2CCCN(N2)C(=O)C(Cc2cccc(O[Si](C)(C)C(C)(C)C)c2)NC(=O)C(C(C)C)NC(=O)C1C. The Morgan fingerprint density at radius 2 is 1.72 bits per heavy atom. The molecule has 2 aromatic rings. The first-order valence-electron chi connectivity index (χ1n) is 19.5. The van der Waals surface area contributed by atoms with E-state index in [4.69, 9.17) is 13.9 Å². The highest BCUT2D eigenvalue weighted by Gasteiger charge is 2.40. The summed E-state index contributed by atoms with van der Waals surface area (Å²) in [7, 11) is -2.15. The molecule has 0 aliphatic carbocycles. The number of esters is 1. The monoisotopic (exact) mass is 762 g/mol. The Balaban J connectivity index is 1.67. The predicted molar refractivity (Wildman–Crippen MR) is 214 cm³/mol. The maximum atomic E-state index is 14.4. The van der Waals surface area contributed by atoms with Crippen molar-refractivity contribution in [2.75, 3.05) is 13.2 Å². The van der Waals surface area contributed by atoms with Crippen LogP contribution in [0.3, 0.4) is 0 Å². The van der Waals surface area contributed by atoms with Gasteiger partial charge in [-0.2, -0.15) is 0 Å². The van der Waals surface area contributed by atoms with Gasteiger partial charge in [0.2, 0.25) is 20.1 Å². The van der Waals surface area contributed by atoms with Gasteiger partial charge in [-0.25, -0.2) is 5.43 Å². The molecule has 5 unspecified atom stereocenters. The van der Waals surface area contributed by atoms with Crippen LogP contribution < -0.4 is 20.5 Å². The highest BCUT2D eigenvalue weighted by molar-refractivity contribution is 6.74. The minimum atomic E-state index is -2.15. The van der Waals surface area contributed by atoms with Gasteiger partial charge in [-0.05, 0) is 91.5 Å². The zero-order valence-corrected chi connectivity index (χ0v) is 34.7. The Hall–Kier alpha value is -4.00. The van der Waals surface area contributed by atoms with Gasteiger partial charge >= 0.3 is 5.97 Å². The van der Waals surface area contributed by atoms with Crippen LogP contribution in [0.25, 0.3) is 6.08 Å². The minimum Gasteiger partial charge on any atom is -0.543 e. The lowest BCUT2D eigenvalue weighted by Gasteiger charge is -2.36. The van der Waals surface area contributed by atoms with Crippen molar-refractivity contribution in [1.29, 1.82) is 0 Å². The maximum absolute atomic E-state index is 14.4. The average molecular weight is 763 g/mol. The quantitative estimate of drug-likeness (QED) is 0.220. The third kappa shape index (κ3) is 11.7.